The number of rotatable bonds is 2. The van der Waals surface area contributed by atoms with Gasteiger partial charge in [-0.1, -0.05) is 24.3 Å². The zero-order chi connectivity index (χ0) is 16.8. The van der Waals surface area contributed by atoms with Crippen molar-refractivity contribution in [3.8, 4) is 0 Å². The second-order valence-electron chi connectivity index (χ2n) is 5.17. The molecule has 4 aromatic rings. The van der Waals surface area contributed by atoms with E-state index in [1.807, 2.05) is 0 Å². The van der Waals surface area contributed by atoms with Crippen molar-refractivity contribution in [2.45, 2.75) is 0 Å². The highest BCUT2D eigenvalue weighted by atomic mass is 16.6. The standard InChI is InChI=1S/C16H8N4O4/c21-19(22)15-9-5-1-2-6-10(9)16(20(23)24)14-13(15)17-11-7-3-4-8-12(11)18-14/h1-8H. The van der Waals surface area contributed by atoms with Crippen LogP contribution in [0.4, 0.5) is 11.4 Å². The van der Waals surface area contributed by atoms with Crippen molar-refractivity contribution >= 4 is 44.2 Å². The van der Waals surface area contributed by atoms with Crippen molar-refractivity contribution < 1.29 is 9.85 Å². The summed E-state index contributed by atoms with van der Waals surface area (Å²) in [6, 6.07) is 12.9. The number of para-hydroxylation sites is 2. The van der Waals surface area contributed by atoms with E-state index in [1.54, 1.807) is 36.4 Å². The summed E-state index contributed by atoms with van der Waals surface area (Å²) in [5, 5.41) is 23.6. The summed E-state index contributed by atoms with van der Waals surface area (Å²) >= 11 is 0. The number of aromatic nitrogens is 2. The Morgan fingerprint density at radius 1 is 0.667 bits per heavy atom. The van der Waals surface area contributed by atoms with E-state index in [1.165, 1.54) is 12.1 Å². The van der Waals surface area contributed by atoms with Crippen LogP contribution in [0.25, 0.3) is 32.8 Å². The molecule has 8 heteroatoms. The number of benzene rings is 3. The van der Waals surface area contributed by atoms with Crippen LogP contribution in [-0.4, -0.2) is 19.8 Å². The number of hydrogen-bond donors (Lipinski definition) is 0. The fourth-order valence-corrected chi connectivity index (χ4v) is 2.85. The van der Waals surface area contributed by atoms with Crippen molar-refractivity contribution in [3.05, 3.63) is 68.8 Å². The van der Waals surface area contributed by atoms with Gasteiger partial charge in [0.05, 0.1) is 31.7 Å². The van der Waals surface area contributed by atoms with Gasteiger partial charge in [-0.3, -0.25) is 20.2 Å². The van der Waals surface area contributed by atoms with Crippen LogP contribution in [0, 0.1) is 20.2 Å². The lowest BCUT2D eigenvalue weighted by molar-refractivity contribution is -0.384. The van der Waals surface area contributed by atoms with E-state index in [2.05, 4.69) is 9.97 Å². The van der Waals surface area contributed by atoms with Gasteiger partial charge in [0, 0.05) is 0 Å². The van der Waals surface area contributed by atoms with Crippen LogP contribution in [0.2, 0.25) is 0 Å². The molecule has 0 aliphatic heterocycles. The lowest BCUT2D eigenvalue weighted by Crippen LogP contribution is -2.00. The molecule has 0 aliphatic rings. The average Bonchev–Trinajstić information content (AvgIpc) is 2.57. The monoisotopic (exact) mass is 320 g/mol. The fraction of sp³-hybridized carbons (Fsp3) is 0. The van der Waals surface area contributed by atoms with Crippen LogP contribution in [0.1, 0.15) is 0 Å². The molecular formula is C16H8N4O4. The minimum atomic E-state index is -0.572. The Morgan fingerprint density at radius 2 is 1.04 bits per heavy atom. The Kier molecular flexibility index (Phi) is 2.86. The van der Waals surface area contributed by atoms with Gasteiger partial charge in [-0.2, -0.15) is 0 Å². The van der Waals surface area contributed by atoms with E-state index in [0.29, 0.717) is 11.0 Å². The van der Waals surface area contributed by atoms with Crippen LogP contribution in [-0.2, 0) is 0 Å². The summed E-state index contributed by atoms with van der Waals surface area (Å²) in [5.74, 6) is 0. The quantitative estimate of drug-likeness (QED) is 0.316. The van der Waals surface area contributed by atoms with Gasteiger partial charge in [-0.05, 0) is 24.3 Å². The molecule has 8 nitrogen and oxygen atoms in total. The van der Waals surface area contributed by atoms with Crippen LogP contribution in [0.15, 0.2) is 48.5 Å². The summed E-state index contributed by atoms with van der Waals surface area (Å²) < 4.78 is 0. The fourth-order valence-electron chi connectivity index (χ4n) is 2.85. The lowest BCUT2D eigenvalue weighted by atomic mass is 10.0. The molecule has 0 amide bonds. The predicted octanol–water partition coefficient (Wildman–Crippen LogP) is 3.75. The molecular weight excluding hydrogens is 312 g/mol. The molecule has 0 bridgehead atoms. The Balaban J connectivity index is 2.37. The summed E-state index contributed by atoms with van der Waals surface area (Å²) in [5.41, 5.74) is 0.178. The first-order valence-corrected chi connectivity index (χ1v) is 6.98. The normalized spacial score (nSPS) is 11.2. The van der Waals surface area contributed by atoms with Crippen LogP contribution in [0.3, 0.4) is 0 Å². The van der Waals surface area contributed by atoms with Gasteiger partial charge in [0.15, 0.2) is 11.0 Å². The molecule has 0 fully saturated rings. The first-order valence-electron chi connectivity index (χ1n) is 6.98. The summed E-state index contributed by atoms with van der Waals surface area (Å²) in [7, 11) is 0. The predicted molar refractivity (Wildman–Crippen MR) is 87.9 cm³/mol. The van der Waals surface area contributed by atoms with Gasteiger partial charge < -0.3 is 0 Å². The zero-order valence-electron chi connectivity index (χ0n) is 12.0. The van der Waals surface area contributed by atoms with E-state index >= 15 is 0 Å². The van der Waals surface area contributed by atoms with Gasteiger partial charge in [0.2, 0.25) is 0 Å². The maximum atomic E-state index is 11.6. The van der Waals surface area contributed by atoms with Gasteiger partial charge in [-0.25, -0.2) is 9.97 Å². The molecule has 0 aliphatic carbocycles. The number of fused-ring (bicyclic) bond motifs is 3. The van der Waals surface area contributed by atoms with E-state index < -0.39 is 9.85 Å². The minimum absolute atomic E-state index is 0.0795. The smallest absolute Gasteiger partial charge is 0.258 e. The Bertz CT molecular complexity index is 1080. The number of nitro groups is 2. The largest absolute Gasteiger partial charge is 0.305 e. The summed E-state index contributed by atoms with van der Waals surface area (Å²) in [6.45, 7) is 0. The molecule has 1 aromatic heterocycles. The van der Waals surface area contributed by atoms with Crippen molar-refractivity contribution in [2.75, 3.05) is 0 Å². The molecule has 1 heterocycles. The van der Waals surface area contributed by atoms with Crippen molar-refractivity contribution in [2.24, 2.45) is 0 Å². The molecule has 0 atom stereocenters. The topological polar surface area (TPSA) is 112 Å². The molecule has 116 valence electrons. The molecule has 0 N–H and O–H groups in total. The van der Waals surface area contributed by atoms with E-state index in [0.717, 1.165) is 0 Å². The zero-order valence-corrected chi connectivity index (χ0v) is 12.0. The highest BCUT2D eigenvalue weighted by Gasteiger charge is 2.29. The lowest BCUT2D eigenvalue weighted by Gasteiger charge is -2.06. The van der Waals surface area contributed by atoms with Crippen molar-refractivity contribution in [1.29, 1.82) is 0 Å². The summed E-state index contributed by atoms with van der Waals surface area (Å²) in [6.07, 6.45) is 0. The van der Waals surface area contributed by atoms with Gasteiger partial charge >= 0.3 is 11.4 Å². The van der Waals surface area contributed by atoms with Crippen LogP contribution < -0.4 is 0 Å². The molecule has 0 saturated carbocycles. The molecule has 3 aromatic carbocycles. The first kappa shape index (κ1) is 13.9. The Hall–Kier alpha value is -3.68. The SMILES string of the molecule is O=[N+]([O-])c1c2ccccc2c([N+](=O)[O-])c2nc3ccccc3nc12. The van der Waals surface area contributed by atoms with Gasteiger partial charge in [0.1, 0.15) is 0 Å². The second-order valence-corrected chi connectivity index (χ2v) is 5.17. The molecule has 0 radical (unpaired) electrons. The van der Waals surface area contributed by atoms with E-state index in [4.69, 9.17) is 0 Å². The van der Waals surface area contributed by atoms with Crippen molar-refractivity contribution in [1.82, 2.24) is 9.97 Å². The molecule has 0 saturated heterocycles. The number of nitrogens with zero attached hydrogens (tertiary/aromatic N) is 4. The number of hydrogen-bond acceptors (Lipinski definition) is 6. The third-order valence-electron chi connectivity index (χ3n) is 3.82. The Labute approximate surface area is 133 Å². The van der Waals surface area contributed by atoms with E-state index in [-0.39, 0.29) is 33.2 Å². The van der Waals surface area contributed by atoms with Gasteiger partial charge in [-0.15, -0.1) is 0 Å². The molecule has 0 spiro atoms. The third kappa shape index (κ3) is 1.86. The minimum Gasteiger partial charge on any atom is -0.258 e. The summed E-state index contributed by atoms with van der Waals surface area (Å²) in [4.78, 5) is 30.7. The Morgan fingerprint density at radius 3 is 1.42 bits per heavy atom. The van der Waals surface area contributed by atoms with Gasteiger partial charge in [0.25, 0.3) is 0 Å². The average molecular weight is 320 g/mol. The number of nitro benzene ring substituents is 2. The highest BCUT2D eigenvalue weighted by molar-refractivity contribution is 6.13. The highest BCUT2D eigenvalue weighted by Crippen LogP contribution is 2.40. The first-order chi connectivity index (χ1) is 11.6. The molecule has 0 unspecified atom stereocenters. The third-order valence-corrected chi connectivity index (χ3v) is 3.82. The van der Waals surface area contributed by atoms with E-state index in [9.17, 15) is 20.2 Å². The molecule has 24 heavy (non-hydrogen) atoms. The second kappa shape index (κ2) is 4.92. The molecule has 4 rings (SSSR count). The van der Waals surface area contributed by atoms with Crippen LogP contribution >= 0.6 is 0 Å². The maximum absolute atomic E-state index is 11.6. The maximum Gasteiger partial charge on any atom is 0.305 e. The van der Waals surface area contributed by atoms with Crippen LogP contribution in [0.5, 0.6) is 0 Å². The van der Waals surface area contributed by atoms with Crippen molar-refractivity contribution in [3.63, 3.8) is 0 Å². The number of non-ortho nitro benzene ring substituents is 2.